The topological polar surface area (TPSA) is 187 Å². The zero-order valence-electron chi connectivity index (χ0n) is 30.1. The second-order valence-corrected chi connectivity index (χ2v) is 14.8. The molecule has 0 saturated carbocycles. The van der Waals surface area contributed by atoms with E-state index in [1.165, 1.54) is 76.2 Å². The highest BCUT2D eigenvalue weighted by Crippen LogP contribution is 2.47. The Balaban J connectivity index is 1.23. The van der Waals surface area contributed by atoms with Gasteiger partial charge in [0.1, 0.15) is 42.5 Å². The van der Waals surface area contributed by atoms with Crippen LogP contribution in [0.1, 0.15) is 120 Å². The molecule has 3 aromatic rings. The van der Waals surface area contributed by atoms with Crippen molar-refractivity contribution in [3.63, 3.8) is 0 Å². The van der Waals surface area contributed by atoms with Crippen LogP contribution in [0.2, 0.25) is 0 Å². The second-order valence-electron chi connectivity index (χ2n) is 13.3. The number of anilines is 1. The standard InChI is InChI=1S/C37H52FN6O7P/c1-2-3-4-5-6-7-8-9-10-11-12-13-20-47-24-31(48-23-30-15-14-29(22-39)21-32(30)38)25-49-52(45,46)50-27-37(26-40)19-18-35(51-37)33-16-17-34-36(41)42-28-43-44(33)34/h14-17,21,28,31,35H,2-13,18-20,23-25,27H2,1H3,(H,45,46)(H2,41,42,43). The zero-order valence-corrected chi connectivity index (χ0v) is 31.0. The summed E-state index contributed by atoms with van der Waals surface area (Å²) in [4.78, 5) is 14.5. The summed E-state index contributed by atoms with van der Waals surface area (Å²) in [6.07, 6.45) is 15.3. The number of halogens is 1. The van der Waals surface area contributed by atoms with Crippen molar-refractivity contribution in [2.45, 2.75) is 121 Å². The molecule has 1 saturated heterocycles. The van der Waals surface area contributed by atoms with Gasteiger partial charge in [-0.2, -0.15) is 15.6 Å². The Morgan fingerprint density at radius 3 is 2.44 bits per heavy atom. The Kier molecular flexibility index (Phi) is 16.9. The fourth-order valence-corrected chi connectivity index (χ4v) is 6.95. The van der Waals surface area contributed by atoms with Crippen molar-refractivity contribution in [2.24, 2.45) is 0 Å². The maximum atomic E-state index is 14.5. The van der Waals surface area contributed by atoms with Gasteiger partial charge in [0.25, 0.3) is 0 Å². The Labute approximate surface area is 305 Å². The highest BCUT2D eigenvalue weighted by Gasteiger charge is 2.44. The minimum absolute atomic E-state index is 0.0300. The molecule has 4 rings (SSSR count). The number of phosphoric acid groups is 1. The minimum atomic E-state index is -4.69. The number of fused-ring (bicyclic) bond motifs is 1. The average molecular weight is 743 g/mol. The van der Waals surface area contributed by atoms with Crippen molar-refractivity contribution in [1.29, 1.82) is 10.5 Å². The first-order chi connectivity index (χ1) is 25.2. The van der Waals surface area contributed by atoms with Crippen LogP contribution in [0.4, 0.5) is 10.2 Å². The molecule has 4 unspecified atom stereocenters. The maximum Gasteiger partial charge on any atom is 0.472 e. The normalized spacial score (nSPS) is 19.0. The molecule has 1 fully saturated rings. The van der Waals surface area contributed by atoms with Gasteiger partial charge in [-0.05, 0) is 43.5 Å². The number of nitrogen functional groups attached to an aromatic ring is 1. The number of hydrogen-bond acceptors (Lipinski definition) is 11. The van der Waals surface area contributed by atoms with Crippen molar-refractivity contribution in [3.05, 3.63) is 59.3 Å². The zero-order chi connectivity index (χ0) is 37.2. The van der Waals surface area contributed by atoms with Gasteiger partial charge in [-0.3, -0.25) is 9.05 Å². The lowest BCUT2D eigenvalue weighted by Crippen LogP contribution is -2.32. The summed E-state index contributed by atoms with van der Waals surface area (Å²) in [5.74, 6) is -0.306. The fourth-order valence-electron chi connectivity index (χ4n) is 6.15. The lowest BCUT2D eigenvalue weighted by Gasteiger charge is -2.24. The molecule has 1 aliphatic rings. The van der Waals surface area contributed by atoms with Crippen LogP contribution in [0.15, 0.2) is 36.7 Å². The summed E-state index contributed by atoms with van der Waals surface area (Å²) in [6, 6.07) is 11.6. The van der Waals surface area contributed by atoms with E-state index in [1.807, 2.05) is 6.07 Å². The van der Waals surface area contributed by atoms with E-state index < -0.39 is 44.7 Å². The summed E-state index contributed by atoms with van der Waals surface area (Å²) in [6.45, 7) is 1.63. The van der Waals surface area contributed by atoms with E-state index >= 15 is 0 Å². The van der Waals surface area contributed by atoms with Gasteiger partial charge in [0.05, 0.1) is 37.1 Å². The van der Waals surface area contributed by atoms with Gasteiger partial charge in [0.2, 0.25) is 0 Å². The molecule has 284 valence electrons. The van der Waals surface area contributed by atoms with Crippen LogP contribution in [0.25, 0.3) is 5.52 Å². The van der Waals surface area contributed by atoms with E-state index in [4.69, 9.17) is 34.3 Å². The van der Waals surface area contributed by atoms with Gasteiger partial charge in [-0.1, -0.05) is 83.6 Å². The Morgan fingerprint density at radius 1 is 1.06 bits per heavy atom. The molecule has 15 heteroatoms. The summed E-state index contributed by atoms with van der Waals surface area (Å²) in [5, 5.41) is 23.3. The molecular formula is C37H52FN6O7P. The molecule has 1 aliphatic heterocycles. The van der Waals surface area contributed by atoms with Crippen LogP contribution in [0, 0.1) is 28.5 Å². The minimum Gasteiger partial charge on any atom is -0.382 e. The molecule has 2 aromatic heterocycles. The number of nitrogens with zero attached hydrogens (tertiary/aromatic N) is 5. The molecule has 13 nitrogen and oxygen atoms in total. The lowest BCUT2D eigenvalue weighted by atomic mass is 10.0. The van der Waals surface area contributed by atoms with Crippen LogP contribution >= 0.6 is 7.82 Å². The van der Waals surface area contributed by atoms with Gasteiger partial charge < -0.3 is 24.8 Å². The Bertz CT molecular complexity index is 1680. The van der Waals surface area contributed by atoms with E-state index in [2.05, 4.69) is 23.1 Å². The van der Waals surface area contributed by atoms with Gasteiger partial charge in [-0.15, -0.1) is 0 Å². The van der Waals surface area contributed by atoms with Crippen molar-refractivity contribution < 1.29 is 37.1 Å². The number of ether oxygens (including phenoxy) is 3. The van der Waals surface area contributed by atoms with E-state index in [0.29, 0.717) is 30.1 Å². The second kappa shape index (κ2) is 21.3. The average Bonchev–Trinajstić information content (AvgIpc) is 3.78. The molecule has 0 amide bonds. The van der Waals surface area contributed by atoms with E-state index in [0.717, 1.165) is 25.3 Å². The predicted molar refractivity (Wildman–Crippen MR) is 192 cm³/mol. The molecule has 3 N–H and O–H groups in total. The van der Waals surface area contributed by atoms with Crippen LogP contribution in [-0.2, 0) is 34.4 Å². The highest BCUT2D eigenvalue weighted by molar-refractivity contribution is 7.47. The molecular weight excluding hydrogens is 690 g/mol. The number of unbranched alkanes of at least 4 members (excludes halogenated alkanes) is 11. The molecule has 0 spiro atoms. The Hall–Kier alpha value is -3.46. The van der Waals surface area contributed by atoms with Crippen molar-refractivity contribution in [3.8, 4) is 12.1 Å². The number of phosphoric ester groups is 1. The Morgan fingerprint density at radius 2 is 1.77 bits per heavy atom. The number of rotatable bonds is 25. The van der Waals surface area contributed by atoms with Crippen LogP contribution in [0.3, 0.4) is 0 Å². The summed E-state index contributed by atoms with van der Waals surface area (Å²) >= 11 is 0. The quantitative estimate of drug-likeness (QED) is 0.0633. The highest BCUT2D eigenvalue weighted by atomic mass is 31.2. The van der Waals surface area contributed by atoms with Crippen LogP contribution in [-0.4, -0.2) is 57.6 Å². The summed E-state index contributed by atoms with van der Waals surface area (Å²) in [5.41, 5.74) is 6.08. The first-order valence-electron chi connectivity index (χ1n) is 18.4. The molecule has 1 aromatic carbocycles. The molecule has 0 aliphatic carbocycles. The van der Waals surface area contributed by atoms with Gasteiger partial charge in [-0.25, -0.2) is 18.5 Å². The first kappa shape index (κ1) is 41.3. The first-order valence-corrected chi connectivity index (χ1v) is 19.9. The molecule has 3 heterocycles. The monoisotopic (exact) mass is 742 g/mol. The number of benzene rings is 1. The number of nitrogens with two attached hydrogens (primary N) is 1. The van der Waals surface area contributed by atoms with E-state index in [9.17, 15) is 19.1 Å². The molecule has 0 radical (unpaired) electrons. The molecule has 0 bridgehead atoms. The maximum absolute atomic E-state index is 14.5. The number of hydrogen-bond donors (Lipinski definition) is 2. The van der Waals surface area contributed by atoms with E-state index in [1.54, 1.807) is 16.6 Å². The smallest absolute Gasteiger partial charge is 0.382 e. The van der Waals surface area contributed by atoms with Crippen molar-refractivity contribution >= 4 is 19.2 Å². The van der Waals surface area contributed by atoms with Crippen LogP contribution < -0.4 is 5.73 Å². The van der Waals surface area contributed by atoms with Crippen molar-refractivity contribution in [1.82, 2.24) is 14.6 Å². The van der Waals surface area contributed by atoms with Gasteiger partial charge in [0, 0.05) is 12.2 Å². The third kappa shape index (κ3) is 12.9. The summed E-state index contributed by atoms with van der Waals surface area (Å²) in [7, 11) is -4.69. The third-order valence-electron chi connectivity index (χ3n) is 9.21. The molecule has 4 atom stereocenters. The van der Waals surface area contributed by atoms with Crippen LogP contribution in [0.5, 0.6) is 0 Å². The number of aromatic nitrogens is 3. The fraction of sp³-hybridized carbons (Fsp3) is 0.622. The third-order valence-corrected chi connectivity index (χ3v) is 10.1. The van der Waals surface area contributed by atoms with Crippen molar-refractivity contribution in [2.75, 3.05) is 32.2 Å². The lowest BCUT2D eigenvalue weighted by molar-refractivity contribution is -0.0593. The SMILES string of the molecule is CCCCCCCCCCCCCCOCC(COP(=O)(O)OCC1(C#N)CCC(c2ccc3c(N)ncnn23)O1)OCc1ccc(C#N)cc1F. The summed E-state index contributed by atoms with van der Waals surface area (Å²) < 4.78 is 57.4. The number of nitriles is 2. The predicted octanol–water partition coefficient (Wildman–Crippen LogP) is 7.87. The van der Waals surface area contributed by atoms with Gasteiger partial charge >= 0.3 is 7.82 Å². The molecule has 52 heavy (non-hydrogen) atoms. The largest absolute Gasteiger partial charge is 0.472 e. The van der Waals surface area contributed by atoms with Gasteiger partial charge in [0.15, 0.2) is 11.4 Å². The van der Waals surface area contributed by atoms with E-state index in [-0.39, 0.29) is 30.8 Å².